The van der Waals surface area contributed by atoms with Crippen molar-refractivity contribution in [1.29, 1.82) is 5.26 Å². The second-order valence-corrected chi connectivity index (χ2v) is 4.57. The minimum absolute atomic E-state index is 0.0376. The van der Waals surface area contributed by atoms with Gasteiger partial charge in [-0.05, 0) is 36.4 Å². The summed E-state index contributed by atoms with van der Waals surface area (Å²) in [5.41, 5.74) is 0.509. The van der Waals surface area contributed by atoms with Crippen molar-refractivity contribution in [2.24, 2.45) is 0 Å². The smallest absolute Gasteiger partial charge is 0.167 e. The zero-order valence-corrected chi connectivity index (χ0v) is 11.1. The number of aldehydes is 1. The number of carbonyl (C=O) groups is 1. The van der Waals surface area contributed by atoms with Crippen LogP contribution in [0.15, 0.2) is 40.9 Å². The zero-order chi connectivity index (χ0) is 13.8. The molecule has 0 aliphatic heterocycles. The van der Waals surface area contributed by atoms with Crippen LogP contribution in [-0.4, -0.2) is 6.29 Å². The average Bonchev–Trinajstić information content (AvgIpc) is 2.42. The summed E-state index contributed by atoms with van der Waals surface area (Å²) in [4.78, 5) is 10.9. The lowest BCUT2D eigenvalue weighted by molar-refractivity contribution is 0.112. The van der Waals surface area contributed by atoms with Crippen LogP contribution in [0.25, 0.3) is 0 Å². The fourth-order valence-electron chi connectivity index (χ4n) is 1.48. The summed E-state index contributed by atoms with van der Waals surface area (Å²) in [7, 11) is 0. The number of carbonyl (C=O) groups excluding carboxylic acids is 1. The van der Waals surface area contributed by atoms with E-state index >= 15 is 0 Å². The molecule has 0 fully saturated rings. The number of nitriles is 1. The van der Waals surface area contributed by atoms with E-state index < -0.39 is 5.82 Å². The fourth-order valence-corrected chi connectivity index (χ4v) is 1.85. The lowest BCUT2D eigenvalue weighted by Crippen LogP contribution is -1.93. The minimum Gasteiger partial charge on any atom is -0.454 e. The minimum atomic E-state index is -0.654. The van der Waals surface area contributed by atoms with Gasteiger partial charge in [0.05, 0.1) is 17.2 Å². The number of halogens is 2. The molecular weight excluding hydrogens is 313 g/mol. The van der Waals surface area contributed by atoms with Crippen molar-refractivity contribution in [3.8, 4) is 17.6 Å². The van der Waals surface area contributed by atoms with Gasteiger partial charge in [0.25, 0.3) is 0 Å². The second-order valence-electron chi connectivity index (χ2n) is 3.66. The van der Waals surface area contributed by atoms with Gasteiger partial charge in [-0.25, -0.2) is 4.39 Å². The number of benzene rings is 2. The van der Waals surface area contributed by atoms with Crippen LogP contribution in [0.1, 0.15) is 15.9 Å². The molecule has 0 radical (unpaired) electrons. The van der Waals surface area contributed by atoms with Gasteiger partial charge in [0, 0.05) is 4.47 Å². The molecule has 0 spiro atoms. The molecule has 0 saturated heterocycles. The largest absolute Gasteiger partial charge is 0.454 e. The molecule has 0 aliphatic rings. The molecule has 19 heavy (non-hydrogen) atoms. The number of ether oxygens (including phenoxy) is 1. The molecule has 0 heterocycles. The maximum atomic E-state index is 13.7. The Morgan fingerprint density at radius 2 is 1.95 bits per heavy atom. The molecule has 94 valence electrons. The third-order valence-electron chi connectivity index (χ3n) is 2.38. The maximum absolute atomic E-state index is 13.7. The van der Waals surface area contributed by atoms with E-state index in [1.807, 2.05) is 6.07 Å². The van der Waals surface area contributed by atoms with E-state index in [0.717, 1.165) is 10.5 Å². The summed E-state index contributed by atoms with van der Waals surface area (Å²) < 4.78 is 19.7. The Kier molecular flexibility index (Phi) is 3.93. The van der Waals surface area contributed by atoms with Crippen molar-refractivity contribution in [2.75, 3.05) is 0 Å². The van der Waals surface area contributed by atoms with E-state index in [1.54, 1.807) is 18.2 Å². The predicted molar refractivity (Wildman–Crippen MR) is 70.7 cm³/mol. The van der Waals surface area contributed by atoms with Gasteiger partial charge in [-0.15, -0.1) is 0 Å². The summed E-state index contributed by atoms with van der Waals surface area (Å²) in [6.07, 6.45) is 0.627. The Morgan fingerprint density at radius 3 is 2.58 bits per heavy atom. The summed E-state index contributed by atoms with van der Waals surface area (Å²) in [5.74, 6) is -0.440. The van der Waals surface area contributed by atoms with E-state index in [2.05, 4.69) is 15.9 Å². The Balaban J connectivity index is 2.36. The van der Waals surface area contributed by atoms with Crippen molar-refractivity contribution in [3.63, 3.8) is 0 Å². The molecule has 0 unspecified atom stereocenters. The van der Waals surface area contributed by atoms with Crippen LogP contribution in [0.2, 0.25) is 0 Å². The van der Waals surface area contributed by atoms with Gasteiger partial charge in [0.1, 0.15) is 5.75 Å². The van der Waals surface area contributed by atoms with Crippen molar-refractivity contribution < 1.29 is 13.9 Å². The predicted octanol–water partition coefficient (Wildman–Crippen LogP) is 4.06. The molecule has 2 aromatic rings. The number of nitrogens with zero attached hydrogens (tertiary/aromatic N) is 1. The van der Waals surface area contributed by atoms with Crippen molar-refractivity contribution in [1.82, 2.24) is 0 Å². The van der Waals surface area contributed by atoms with Gasteiger partial charge >= 0.3 is 0 Å². The van der Waals surface area contributed by atoms with Crippen LogP contribution in [0, 0.1) is 17.1 Å². The third-order valence-corrected chi connectivity index (χ3v) is 2.87. The van der Waals surface area contributed by atoms with Crippen LogP contribution >= 0.6 is 15.9 Å². The van der Waals surface area contributed by atoms with Crippen molar-refractivity contribution in [3.05, 3.63) is 57.8 Å². The molecule has 5 heteroatoms. The number of rotatable bonds is 3. The lowest BCUT2D eigenvalue weighted by Gasteiger charge is -2.09. The first-order chi connectivity index (χ1) is 9.13. The molecule has 0 amide bonds. The molecule has 0 N–H and O–H groups in total. The standard InChI is InChI=1S/C14H7BrFNO2/c15-11-2-4-13(10(6-11)8-18)19-14-3-1-9(7-17)5-12(14)16/h1-6,8H. The van der Waals surface area contributed by atoms with Crippen LogP contribution in [0.3, 0.4) is 0 Å². The Bertz CT molecular complexity index is 680. The highest BCUT2D eigenvalue weighted by molar-refractivity contribution is 9.10. The quantitative estimate of drug-likeness (QED) is 0.801. The highest BCUT2D eigenvalue weighted by atomic mass is 79.9. The molecule has 0 atom stereocenters. The van der Waals surface area contributed by atoms with Crippen LogP contribution in [0.5, 0.6) is 11.5 Å². The van der Waals surface area contributed by atoms with Crippen LogP contribution in [0.4, 0.5) is 4.39 Å². The topological polar surface area (TPSA) is 50.1 Å². The van der Waals surface area contributed by atoms with E-state index in [4.69, 9.17) is 10.00 Å². The first kappa shape index (κ1) is 13.2. The summed E-state index contributed by atoms with van der Waals surface area (Å²) in [6, 6.07) is 10.5. The zero-order valence-electron chi connectivity index (χ0n) is 9.56. The van der Waals surface area contributed by atoms with Gasteiger partial charge < -0.3 is 4.74 Å². The van der Waals surface area contributed by atoms with Gasteiger partial charge in [-0.2, -0.15) is 5.26 Å². The summed E-state index contributed by atoms with van der Waals surface area (Å²) >= 11 is 3.23. The van der Waals surface area contributed by atoms with Crippen molar-refractivity contribution >= 4 is 22.2 Å². The third kappa shape index (κ3) is 2.98. The maximum Gasteiger partial charge on any atom is 0.167 e. The SMILES string of the molecule is N#Cc1ccc(Oc2ccc(Br)cc2C=O)c(F)c1. The second kappa shape index (κ2) is 5.63. The molecule has 0 saturated carbocycles. The monoisotopic (exact) mass is 319 g/mol. The van der Waals surface area contributed by atoms with Gasteiger partial charge in [-0.3, -0.25) is 4.79 Å². The van der Waals surface area contributed by atoms with Gasteiger partial charge in [-0.1, -0.05) is 15.9 Å². The van der Waals surface area contributed by atoms with Crippen molar-refractivity contribution in [2.45, 2.75) is 0 Å². The first-order valence-electron chi connectivity index (χ1n) is 5.26. The summed E-state index contributed by atoms with van der Waals surface area (Å²) in [5, 5.41) is 8.65. The number of hydrogen-bond acceptors (Lipinski definition) is 3. The summed E-state index contributed by atoms with van der Waals surface area (Å²) in [6.45, 7) is 0. The first-order valence-corrected chi connectivity index (χ1v) is 6.05. The Labute approximate surface area is 117 Å². The fraction of sp³-hybridized carbons (Fsp3) is 0. The Morgan fingerprint density at radius 1 is 1.21 bits per heavy atom. The molecule has 0 bridgehead atoms. The van der Waals surface area contributed by atoms with E-state index in [0.29, 0.717) is 11.8 Å². The molecule has 0 aliphatic carbocycles. The van der Waals surface area contributed by atoms with E-state index in [1.165, 1.54) is 12.1 Å². The van der Waals surface area contributed by atoms with E-state index in [-0.39, 0.29) is 17.1 Å². The Hall–Kier alpha value is -2.19. The highest BCUT2D eigenvalue weighted by Crippen LogP contribution is 2.29. The molecule has 0 aromatic heterocycles. The van der Waals surface area contributed by atoms with E-state index in [9.17, 15) is 9.18 Å². The average molecular weight is 320 g/mol. The van der Waals surface area contributed by atoms with Crippen LogP contribution < -0.4 is 4.74 Å². The molecule has 3 nitrogen and oxygen atoms in total. The lowest BCUT2D eigenvalue weighted by atomic mass is 10.2. The highest BCUT2D eigenvalue weighted by Gasteiger charge is 2.09. The molecule has 2 rings (SSSR count). The van der Waals surface area contributed by atoms with Gasteiger partial charge in [0.15, 0.2) is 17.9 Å². The van der Waals surface area contributed by atoms with Gasteiger partial charge in [0.2, 0.25) is 0 Å². The molecular formula is C14H7BrFNO2. The molecule has 2 aromatic carbocycles. The normalized spacial score (nSPS) is 9.74. The number of hydrogen-bond donors (Lipinski definition) is 0. The van der Waals surface area contributed by atoms with Crippen LogP contribution in [-0.2, 0) is 0 Å².